The number of hydrogen-bond donors (Lipinski definition) is 2. The quantitative estimate of drug-likeness (QED) is 0.849. The molecule has 2 heterocycles. The van der Waals surface area contributed by atoms with Gasteiger partial charge in [0.15, 0.2) is 11.5 Å². The lowest BCUT2D eigenvalue weighted by atomic mass is 10.2. The summed E-state index contributed by atoms with van der Waals surface area (Å²) >= 11 is 0. The summed E-state index contributed by atoms with van der Waals surface area (Å²) in [7, 11) is 0. The van der Waals surface area contributed by atoms with Gasteiger partial charge in [-0.25, -0.2) is 0 Å². The molecule has 0 bridgehead atoms. The van der Waals surface area contributed by atoms with Crippen LogP contribution in [0.5, 0.6) is 11.5 Å². The highest BCUT2D eigenvalue weighted by Gasteiger charge is 2.19. The van der Waals surface area contributed by atoms with Crippen LogP contribution in [0.15, 0.2) is 18.2 Å². The Morgan fingerprint density at radius 3 is 3.15 bits per heavy atom. The minimum atomic E-state index is -0.00188. The van der Waals surface area contributed by atoms with Crippen LogP contribution in [-0.2, 0) is 4.79 Å². The first-order valence-electron chi connectivity index (χ1n) is 6.86. The van der Waals surface area contributed by atoms with Crippen molar-refractivity contribution in [2.75, 3.05) is 38.3 Å². The zero-order valence-corrected chi connectivity index (χ0v) is 11.5. The Morgan fingerprint density at radius 1 is 1.45 bits per heavy atom. The summed E-state index contributed by atoms with van der Waals surface area (Å²) in [4.78, 5) is 14.2. The number of hydrogen-bond acceptors (Lipinski definition) is 5. The summed E-state index contributed by atoms with van der Waals surface area (Å²) in [5, 5.41) is 6.26. The molecule has 108 valence electrons. The maximum absolute atomic E-state index is 12.0. The second-order valence-corrected chi connectivity index (χ2v) is 5.21. The zero-order chi connectivity index (χ0) is 13.9. The Morgan fingerprint density at radius 2 is 2.30 bits per heavy atom. The van der Waals surface area contributed by atoms with E-state index >= 15 is 0 Å². The van der Waals surface area contributed by atoms with Crippen molar-refractivity contribution in [3.63, 3.8) is 0 Å². The second kappa shape index (κ2) is 5.68. The van der Waals surface area contributed by atoms with Crippen molar-refractivity contribution < 1.29 is 14.3 Å². The van der Waals surface area contributed by atoms with E-state index in [1.165, 1.54) is 0 Å². The van der Waals surface area contributed by atoms with Gasteiger partial charge in [0.1, 0.15) is 0 Å². The predicted octanol–water partition coefficient (Wildman–Crippen LogP) is 0.647. The largest absolute Gasteiger partial charge is 0.454 e. The first-order valence-corrected chi connectivity index (χ1v) is 6.86. The molecule has 0 aromatic heterocycles. The molecule has 0 spiro atoms. The number of benzene rings is 1. The predicted molar refractivity (Wildman–Crippen MR) is 75.1 cm³/mol. The third-order valence-electron chi connectivity index (χ3n) is 3.48. The van der Waals surface area contributed by atoms with Crippen molar-refractivity contribution in [3.05, 3.63) is 18.2 Å². The van der Waals surface area contributed by atoms with Gasteiger partial charge >= 0.3 is 0 Å². The highest BCUT2D eigenvalue weighted by molar-refractivity contribution is 5.92. The van der Waals surface area contributed by atoms with E-state index in [-0.39, 0.29) is 12.7 Å². The fraction of sp³-hybridized carbons (Fsp3) is 0.500. The molecule has 20 heavy (non-hydrogen) atoms. The Bertz CT molecular complexity index is 506. The van der Waals surface area contributed by atoms with Gasteiger partial charge in [-0.2, -0.15) is 0 Å². The van der Waals surface area contributed by atoms with Crippen LogP contribution < -0.4 is 20.1 Å². The summed E-state index contributed by atoms with van der Waals surface area (Å²) < 4.78 is 10.5. The number of carbonyl (C=O) groups is 1. The molecule has 0 aliphatic carbocycles. The van der Waals surface area contributed by atoms with Gasteiger partial charge in [0.25, 0.3) is 0 Å². The van der Waals surface area contributed by atoms with Crippen molar-refractivity contribution in [1.82, 2.24) is 10.2 Å². The SMILES string of the molecule is C[C@H]1CN(CC(=O)Nc2ccc3c(c2)OCO3)CCN1. The molecule has 0 unspecified atom stereocenters. The molecule has 0 saturated carbocycles. The van der Waals surface area contributed by atoms with E-state index in [9.17, 15) is 4.79 Å². The molecular formula is C14H19N3O3. The number of ether oxygens (including phenoxy) is 2. The van der Waals surface area contributed by atoms with Gasteiger partial charge in [-0.05, 0) is 19.1 Å². The maximum atomic E-state index is 12.0. The first-order chi connectivity index (χ1) is 9.70. The van der Waals surface area contributed by atoms with Crippen molar-refractivity contribution >= 4 is 11.6 Å². The molecule has 1 fully saturated rings. The van der Waals surface area contributed by atoms with Crippen molar-refractivity contribution in [2.45, 2.75) is 13.0 Å². The summed E-state index contributed by atoms with van der Waals surface area (Å²) in [5.41, 5.74) is 0.738. The third-order valence-corrected chi connectivity index (χ3v) is 3.48. The lowest BCUT2D eigenvalue weighted by molar-refractivity contribution is -0.117. The molecule has 2 N–H and O–H groups in total. The smallest absolute Gasteiger partial charge is 0.238 e. The molecule has 1 aromatic carbocycles. The summed E-state index contributed by atoms with van der Waals surface area (Å²) in [6, 6.07) is 5.86. The van der Waals surface area contributed by atoms with E-state index in [2.05, 4.69) is 22.5 Å². The Balaban J connectivity index is 1.56. The van der Waals surface area contributed by atoms with E-state index in [1.807, 2.05) is 12.1 Å². The van der Waals surface area contributed by atoms with Gasteiger partial charge in [0.2, 0.25) is 12.7 Å². The standard InChI is InChI=1S/C14H19N3O3/c1-10-7-17(5-4-15-10)8-14(18)16-11-2-3-12-13(6-11)20-9-19-12/h2-3,6,10,15H,4-5,7-9H2,1H3,(H,16,18)/t10-/m0/s1. The van der Waals surface area contributed by atoms with E-state index in [4.69, 9.17) is 9.47 Å². The van der Waals surface area contributed by atoms with Crippen LogP contribution >= 0.6 is 0 Å². The van der Waals surface area contributed by atoms with Crippen LogP contribution in [0.1, 0.15) is 6.92 Å². The van der Waals surface area contributed by atoms with Crippen LogP contribution in [0.3, 0.4) is 0 Å². The summed E-state index contributed by atoms with van der Waals surface area (Å²) in [5.74, 6) is 1.40. The molecule has 1 atom stereocenters. The van der Waals surface area contributed by atoms with Gasteiger partial charge in [-0.1, -0.05) is 0 Å². The number of fused-ring (bicyclic) bond motifs is 1. The lowest BCUT2D eigenvalue weighted by Gasteiger charge is -2.31. The Labute approximate surface area is 118 Å². The summed E-state index contributed by atoms with van der Waals surface area (Å²) in [6.07, 6.45) is 0. The van der Waals surface area contributed by atoms with E-state index in [1.54, 1.807) is 6.07 Å². The highest BCUT2D eigenvalue weighted by atomic mass is 16.7. The maximum Gasteiger partial charge on any atom is 0.238 e. The van der Waals surface area contributed by atoms with Crippen LogP contribution in [0.4, 0.5) is 5.69 Å². The van der Waals surface area contributed by atoms with E-state index in [0.717, 1.165) is 31.1 Å². The summed E-state index contributed by atoms with van der Waals surface area (Å²) in [6.45, 7) is 5.51. The van der Waals surface area contributed by atoms with E-state index in [0.29, 0.717) is 18.3 Å². The average molecular weight is 277 g/mol. The molecule has 3 rings (SSSR count). The second-order valence-electron chi connectivity index (χ2n) is 5.21. The Kier molecular flexibility index (Phi) is 3.75. The molecule has 0 radical (unpaired) electrons. The number of nitrogens with one attached hydrogen (secondary N) is 2. The van der Waals surface area contributed by atoms with Gasteiger partial charge in [-0.15, -0.1) is 0 Å². The minimum absolute atomic E-state index is 0.00188. The van der Waals surface area contributed by atoms with Crippen LogP contribution in [-0.4, -0.2) is 49.8 Å². The highest BCUT2D eigenvalue weighted by Crippen LogP contribution is 2.34. The molecular weight excluding hydrogens is 258 g/mol. The normalized spacial score (nSPS) is 21.8. The van der Waals surface area contributed by atoms with Crippen LogP contribution in [0.25, 0.3) is 0 Å². The number of piperazine rings is 1. The van der Waals surface area contributed by atoms with Gasteiger partial charge < -0.3 is 20.1 Å². The van der Waals surface area contributed by atoms with Crippen LogP contribution in [0.2, 0.25) is 0 Å². The fourth-order valence-electron chi connectivity index (χ4n) is 2.53. The van der Waals surface area contributed by atoms with Crippen molar-refractivity contribution in [1.29, 1.82) is 0 Å². The number of anilines is 1. The molecule has 1 aromatic rings. The molecule has 1 saturated heterocycles. The molecule has 6 heteroatoms. The van der Waals surface area contributed by atoms with Gasteiger partial charge in [0.05, 0.1) is 6.54 Å². The monoisotopic (exact) mass is 277 g/mol. The lowest BCUT2D eigenvalue weighted by Crippen LogP contribution is -2.51. The molecule has 6 nitrogen and oxygen atoms in total. The number of carbonyl (C=O) groups excluding carboxylic acids is 1. The topological polar surface area (TPSA) is 62.8 Å². The fourth-order valence-corrected chi connectivity index (χ4v) is 2.53. The molecule has 2 aliphatic heterocycles. The third kappa shape index (κ3) is 3.02. The number of rotatable bonds is 3. The Hall–Kier alpha value is -1.79. The van der Waals surface area contributed by atoms with E-state index < -0.39 is 0 Å². The molecule has 2 aliphatic rings. The van der Waals surface area contributed by atoms with Gasteiger partial charge in [-0.3, -0.25) is 9.69 Å². The average Bonchev–Trinajstić information content (AvgIpc) is 2.86. The van der Waals surface area contributed by atoms with Crippen molar-refractivity contribution in [2.24, 2.45) is 0 Å². The van der Waals surface area contributed by atoms with Gasteiger partial charge in [0, 0.05) is 37.4 Å². The van der Waals surface area contributed by atoms with Crippen molar-refractivity contribution in [3.8, 4) is 11.5 Å². The van der Waals surface area contributed by atoms with Crippen LogP contribution in [0, 0.1) is 0 Å². The number of nitrogens with zero attached hydrogens (tertiary/aromatic N) is 1. The number of amides is 1. The minimum Gasteiger partial charge on any atom is -0.454 e. The first kappa shape index (κ1) is 13.2. The molecule has 1 amide bonds. The zero-order valence-electron chi connectivity index (χ0n) is 11.5.